The molecule has 1 N–H and O–H groups in total. The molecule has 0 atom stereocenters. The van der Waals surface area contributed by atoms with E-state index in [9.17, 15) is 4.79 Å². The molecule has 0 radical (unpaired) electrons. The molecule has 1 aromatic heterocycles. The van der Waals surface area contributed by atoms with Crippen molar-refractivity contribution in [3.05, 3.63) is 17.3 Å². The highest BCUT2D eigenvalue weighted by Gasteiger charge is 2.23. The first-order chi connectivity index (χ1) is 9.52. The molecule has 2 heterocycles. The molecule has 1 aliphatic heterocycles. The molecule has 0 amide bonds. The number of hydrogen-bond acceptors (Lipinski definition) is 3. The van der Waals surface area contributed by atoms with Gasteiger partial charge in [0, 0.05) is 31.8 Å². The lowest BCUT2D eigenvalue weighted by molar-refractivity contribution is -0.131. The van der Waals surface area contributed by atoms with E-state index in [1.165, 1.54) is 25.3 Å². The van der Waals surface area contributed by atoms with Crippen molar-refractivity contribution in [2.45, 2.75) is 33.1 Å². The van der Waals surface area contributed by atoms with Gasteiger partial charge < -0.3 is 10.0 Å². The van der Waals surface area contributed by atoms with Crippen LogP contribution < -0.4 is 4.90 Å². The molecule has 1 fully saturated rings. The van der Waals surface area contributed by atoms with E-state index in [-0.39, 0.29) is 0 Å². The minimum atomic E-state index is -0.927. The molecule has 1 aliphatic rings. The minimum absolute atomic E-state index is 0.818. The molecule has 2 rings (SSSR count). The van der Waals surface area contributed by atoms with Gasteiger partial charge in [0.2, 0.25) is 0 Å². The lowest BCUT2D eigenvalue weighted by Crippen LogP contribution is -2.35. The van der Waals surface area contributed by atoms with Crippen molar-refractivity contribution in [3.63, 3.8) is 0 Å². The second kappa shape index (κ2) is 6.11. The summed E-state index contributed by atoms with van der Waals surface area (Å²) in [5.74, 6) is 0.928. The van der Waals surface area contributed by atoms with Crippen molar-refractivity contribution in [1.29, 1.82) is 0 Å². The Hall–Kier alpha value is -1.78. The third kappa shape index (κ3) is 3.03. The number of piperidine rings is 1. The molecule has 5 heteroatoms. The van der Waals surface area contributed by atoms with Crippen LogP contribution in [0.15, 0.2) is 6.08 Å². The summed E-state index contributed by atoms with van der Waals surface area (Å²) in [7, 11) is 1.92. The summed E-state index contributed by atoms with van der Waals surface area (Å²) in [4.78, 5) is 13.1. The van der Waals surface area contributed by atoms with E-state index >= 15 is 0 Å². The smallest absolute Gasteiger partial charge is 0.328 e. The maximum atomic E-state index is 10.7. The zero-order valence-corrected chi connectivity index (χ0v) is 12.5. The van der Waals surface area contributed by atoms with Gasteiger partial charge in [-0.15, -0.1) is 0 Å². The third-order valence-electron chi connectivity index (χ3n) is 4.12. The number of rotatable bonds is 4. The molecular formula is C15H23N3O2. The van der Waals surface area contributed by atoms with Gasteiger partial charge in [-0.3, -0.25) is 4.68 Å². The van der Waals surface area contributed by atoms with Gasteiger partial charge in [-0.05, 0) is 31.8 Å². The summed E-state index contributed by atoms with van der Waals surface area (Å²) >= 11 is 0. The highest BCUT2D eigenvalue weighted by atomic mass is 16.4. The van der Waals surface area contributed by atoms with Crippen LogP contribution in [0.25, 0.3) is 6.08 Å². The molecule has 1 saturated heterocycles. The average Bonchev–Trinajstić information content (AvgIpc) is 2.70. The summed E-state index contributed by atoms with van der Waals surface area (Å²) in [5.41, 5.74) is 1.79. The summed E-state index contributed by atoms with van der Waals surface area (Å²) < 4.78 is 1.86. The number of aromatic nitrogens is 2. The predicted octanol–water partition coefficient (Wildman–Crippen LogP) is 2.45. The summed E-state index contributed by atoms with van der Waals surface area (Å²) in [5, 5.41) is 13.2. The van der Waals surface area contributed by atoms with Crippen molar-refractivity contribution in [3.8, 4) is 0 Å². The van der Waals surface area contributed by atoms with Crippen molar-refractivity contribution in [2.24, 2.45) is 13.0 Å². The van der Waals surface area contributed by atoms with Gasteiger partial charge >= 0.3 is 5.97 Å². The number of carbonyl (C=O) groups is 1. The molecule has 0 aliphatic carbocycles. The highest BCUT2D eigenvalue weighted by Crippen LogP contribution is 2.29. The van der Waals surface area contributed by atoms with Crippen molar-refractivity contribution >= 4 is 17.9 Å². The molecule has 0 aromatic carbocycles. The Kier molecular flexibility index (Phi) is 4.47. The van der Waals surface area contributed by atoms with Crippen molar-refractivity contribution < 1.29 is 9.90 Å². The Morgan fingerprint density at radius 1 is 1.45 bits per heavy atom. The molecule has 1 aromatic rings. The van der Waals surface area contributed by atoms with Gasteiger partial charge in [0.15, 0.2) is 0 Å². The maximum Gasteiger partial charge on any atom is 0.328 e. The van der Waals surface area contributed by atoms with Gasteiger partial charge in [-0.25, -0.2) is 4.79 Å². The van der Waals surface area contributed by atoms with E-state index in [0.29, 0.717) is 0 Å². The Morgan fingerprint density at radius 2 is 2.10 bits per heavy atom. The number of nitrogens with zero attached hydrogens (tertiary/aromatic N) is 3. The summed E-state index contributed by atoms with van der Waals surface area (Å²) in [6.45, 7) is 6.20. The second-order valence-electron chi connectivity index (χ2n) is 5.46. The Bertz CT molecular complexity index is 511. The first-order valence-electron chi connectivity index (χ1n) is 7.22. The van der Waals surface area contributed by atoms with Gasteiger partial charge in [-0.2, -0.15) is 5.10 Å². The van der Waals surface area contributed by atoms with E-state index in [0.717, 1.165) is 36.1 Å². The molecule has 0 saturated carbocycles. The average molecular weight is 277 g/mol. The van der Waals surface area contributed by atoms with Crippen LogP contribution in [0.5, 0.6) is 0 Å². The number of hydrogen-bond donors (Lipinski definition) is 1. The van der Waals surface area contributed by atoms with E-state index < -0.39 is 5.97 Å². The fourth-order valence-electron chi connectivity index (χ4n) is 2.94. The number of anilines is 1. The largest absolute Gasteiger partial charge is 0.478 e. The lowest BCUT2D eigenvalue weighted by Gasteiger charge is -2.33. The molecule has 0 spiro atoms. The van der Waals surface area contributed by atoms with Crippen molar-refractivity contribution in [1.82, 2.24) is 9.78 Å². The fraction of sp³-hybridized carbons (Fsp3) is 0.600. The number of carboxylic acid groups (broad SMARTS) is 1. The van der Waals surface area contributed by atoms with Crippen LogP contribution in [0, 0.1) is 12.8 Å². The molecule has 5 nitrogen and oxygen atoms in total. The van der Waals surface area contributed by atoms with E-state index in [1.807, 2.05) is 18.7 Å². The van der Waals surface area contributed by atoms with Crippen LogP contribution in [-0.4, -0.2) is 33.9 Å². The van der Waals surface area contributed by atoms with E-state index in [2.05, 4.69) is 16.9 Å². The molecule has 0 bridgehead atoms. The molecular weight excluding hydrogens is 254 g/mol. The fourth-order valence-corrected chi connectivity index (χ4v) is 2.94. The lowest BCUT2D eigenvalue weighted by atomic mass is 9.94. The Balaban J connectivity index is 2.25. The van der Waals surface area contributed by atoms with E-state index in [4.69, 9.17) is 5.11 Å². The zero-order valence-electron chi connectivity index (χ0n) is 12.5. The van der Waals surface area contributed by atoms with Crippen LogP contribution in [0.2, 0.25) is 0 Å². The van der Waals surface area contributed by atoms with Gasteiger partial charge in [0.05, 0.1) is 5.69 Å². The first-order valence-corrected chi connectivity index (χ1v) is 7.22. The molecule has 110 valence electrons. The first kappa shape index (κ1) is 14.6. The number of carboxylic acids is 1. The minimum Gasteiger partial charge on any atom is -0.478 e. The number of aryl methyl sites for hydroxylation is 2. The SMILES string of the molecule is CCC1CCN(c2c(C=CC(=O)O)c(C)nn2C)CC1. The maximum absolute atomic E-state index is 10.7. The standard InChI is InChI=1S/C15H23N3O2/c1-4-12-7-9-18(10-8-12)15-13(5-6-14(19)20)11(2)16-17(15)3/h5-6,12H,4,7-10H2,1-3H3,(H,19,20). The normalized spacial score (nSPS) is 17.1. The topological polar surface area (TPSA) is 58.4 Å². The summed E-state index contributed by atoms with van der Waals surface area (Å²) in [6.07, 6.45) is 6.48. The zero-order chi connectivity index (χ0) is 14.7. The summed E-state index contributed by atoms with van der Waals surface area (Å²) in [6, 6.07) is 0. The third-order valence-corrected chi connectivity index (χ3v) is 4.12. The Labute approximate surface area is 119 Å². The predicted molar refractivity (Wildman–Crippen MR) is 79.8 cm³/mol. The van der Waals surface area contributed by atoms with Crippen LogP contribution in [-0.2, 0) is 11.8 Å². The van der Waals surface area contributed by atoms with Crippen LogP contribution in [0.3, 0.4) is 0 Å². The Morgan fingerprint density at radius 3 is 2.65 bits per heavy atom. The molecule has 20 heavy (non-hydrogen) atoms. The quantitative estimate of drug-likeness (QED) is 0.859. The van der Waals surface area contributed by atoms with Gasteiger partial charge in [0.1, 0.15) is 5.82 Å². The second-order valence-corrected chi connectivity index (χ2v) is 5.46. The monoisotopic (exact) mass is 277 g/mol. The van der Waals surface area contributed by atoms with Gasteiger partial charge in [-0.1, -0.05) is 13.3 Å². The number of aliphatic carboxylic acids is 1. The van der Waals surface area contributed by atoms with Crippen LogP contribution >= 0.6 is 0 Å². The van der Waals surface area contributed by atoms with Gasteiger partial charge in [0.25, 0.3) is 0 Å². The van der Waals surface area contributed by atoms with Crippen molar-refractivity contribution in [2.75, 3.05) is 18.0 Å². The van der Waals surface area contributed by atoms with Crippen LogP contribution in [0.1, 0.15) is 37.4 Å². The molecule has 0 unspecified atom stereocenters. The van der Waals surface area contributed by atoms with E-state index in [1.54, 1.807) is 6.08 Å². The highest BCUT2D eigenvalue weighted by molar-refractivity contribution is 5.87. The van der Waals surface area contributed by atoms with Crippen LogP contribution in [0.4, 0.5) is 5.82 Å².